The highest BCUT2D eigenvalue weighted by Gasteiger charge is 2.24. The average molecular weight is 421 g/mol. The van der Waals surface area contributed by atoms with Gasteiger partial charge in [0.15, 0.2) is 0 Å². The van der Waals surface area contributed by atoms with E-state index in [-0.39, 0.29) is 12.2 Å². The van der Waals surface area contributed by atoms with Crippen LogP contribution in [0.3, 0.4) is 0 Å². The van der Waals surface area contributed by atoms with Gasteiger partial charge in [0.1, 0.15) is 5.75 Å². The number of amides is 1. The third-order valence-electron chi connectivity index (χ3n) is 6.07. The van der Waals surface area contributed by atoms with Gasteiger partial charge < -0.3 is 14.4 Å². The van der Waals surface area contributed by atoms with Crippen molar-refractivity contribution in [2.75, 3.05) is 39.0 Å². The molecule has 5 nitrogen and oxygen atoms in total. The van der Waals surface area contributed by atoms with Crippen LogP contribution < -0.4 is 4.74 Å². The quantitative estimate of drug-likeness (QED) is 0.569. The van der Waals surface area contributed by atoms with E-state index in [4.69, 9.17) is 9.47 Å². The second kappa shape index (κ2) is 11.1. The Labute approximate surface area is 180 Å². The second-order valence-electron chi connectivity index (χ2n) is 8.45. The molecule has 0 N–H and O–H groups in total. The molecule has 6 heteroatoms. The van der Waals surface area contributed by atoms with Crippen molar-refractivity contribution >= 4 is 18.0 Å². The molecule has 1 amide bonds. The molecule has 3 rings (SSSR count). The predicted molar refractivity (Wildman–Crippen MR) is 120 cm³/mol. The molecule has 2 fully saturated rings. The van der Waals surface area contributed by atoms with Gasteiger partial charge in [-0.25, -0.2) is 4.79 Å². The summed E-state index contributed by atoms with van der Waals surface area (Å²) in [5.74, 6) is 2.27. The van der Waals surface area contributed by atoms with E-state index >= 15 is 0 Å². The third kappa shape index (κ3) is 6.82. The topological polar surface area (TPSA) is 42.0 Å². The van der Waals surface area contributed by atoms with Gasteiger partial charge in [0.25, 0.3) is 0 Å². The summed E-state index contributed by atoms with van der Waals surface area (Å²) in [6, 6.07) is 8.74. The Morgan fingerprint density at radius 1 is 1.07 bits per heavy atom. The zero-order valence-corrected chi connectivity index (χ0v) is 19.0. The van der Waals surface area contributed by atoms with Gasteiger partial charge in [0, 0.05) is 26.2 Å². The number of hydrogen-bond donors (Lipinski definition) is 0. The minimum absolute atomic E-state index is 0.0526. The minimum atomic E-state index is -0.172. The predicted octanol–water partition coefficient (Wildman–Crippen LogP) is 5.17. The Bertz CT molecular complexity index is 622. The lowest BCUT2D eigenvalue weighted by Gasteiger charge is -2.31. The van der Waals surface area contributed by atoms with Gasteiger partial charge in [0.2, 0.25) is 0 Å². The van der Waals surface area contributed by atoms with Crippen molar-refractivity contribution in [2.45, 2.75) is 58.0 Å². The first kappa shape index (κ1) is 22.3. The summed E-state index contributed by atoms with van der Waals surface area (Å²) in [6.07, 6.45) is 7.53. The largest absolute Gasteiger partial charge is 0.494 e. The van der Waals surface area contributed by atoms with Gasteiger partial charge >= 0.3 is 6.09 Å². The number of nitrogens with zero attached hydrogens (tertiary/aromatic N) is 2. The molecule has 0 spiro atoms. The lowest BCUT2D eigenvalue weighted by atomic mass is 9.90. The minimum Gasteiger partial charge on any atom is -0.494 e. The molecule has 0 aromatic heterocycles. The van der Waals surface area contributed by atoms with E-state index in [1.807, 2.05) is 30.7 Å². The molecule has 162 valence electrons. The van der Waals surface area contributed by atoms with Crippen molar-refractivity contribution in [1.82, 2.24) is 9.21 Å². The van der Waals surface area contributed by atoms with E-state index in [0.717, 1.165) is 44.7 Å². The molecule has 1 aromatic carbocycles. The van der Waals surface area contributed by atoms with Gasteiger partial charge in [-0.1, -0.05) is 24.1 Å². The lowest BCUT2D eigenvalue weighted by Crippen LogP contribution is -2.39. The van der Waals surface area contributed by atoms with E-state index in [2.05, 4.69) is 34.8 Å². The second-order valence-corrected chi connectivity index (χ2v) is 9.34. The van der Waals surface area contributed by atoms with E-state index in [1.165, 1.54) is 31.5 Å². The van der Waals surface area contributed by atoms with Gasteiger partial charge in [-0.2, -0.15) is 0 Å². The number of hydrogen-bond acceptors (Lipinski definition) is 5. The van der Waals surface area contributed by atoms with Crippen LogP contribution in [0.2, 0.25) is 0 Å². The maximum Gasteiger partial charge on any atom is 0.410 e. The van der Waals surface area contributed by atoms with Crippen LogP contribution >= 0.6 is 11.9 Å². The average Bonchev–Trinajstić information content (AvgIpc) is 2.74. The molecule has 29 heavy (non-hydrogen) atoms. The van der Waals surface area contributed by atoms with Crippen LogP contribution in [0.25, 0.3) is 0 Å². The molecule has 2 aliphatic heterocycles. The molecule has 0 unspecified atom stereocenters. The molecule has 0 radical (unpaired) electrons. The zero-order chi connectivity index (χ0) is 20.6. The number of likely N-dealkylation sites (tertiary alicyclic amines) is 1. The summed E-state index contributed by atoms with van der Waals surface area (Å²) in [4.78, 5) is 13.8. The van der Waals surface area contributed by atoms with Gasteiger partial charge in [0.05, 0.1) is 12.7 Å². The summed E-state index contributed by atoms with van der Waals surface area (Å²) in [6.45, 7) is 8.47. The summed E-state index contributed by atoms with van der Waals surface area (Å²) in [7, 11) is 0. The van der Waals surface area contributed by atoms with Crippen LogP contribution in [-0.2, 0) is 4.74 Å². The Morgan fingerprint density at radius 2 is 1.72 bits per heavy atom. The number of ether oxygens (including phenoxy) is 2. The Morgan fingerprint density at radius 3 is 2.31 bits per heavy atom. The molecule has 0 atom stereocenters. The fourth-order valence-electron chi connectivity index (χ4n) is 4.23. The number of benzene rings is 1. The molecule has 2 saturated heterocycles. The first-order valence-corrected chi connectivity index (χ1v) is 12.2. The SMILES string of the molecule is CSN1CCC(c2ccc(OCCC3CCN(C(=O)OC(C)C)CC3)cc2)CC1. The monoisotopic (exact) mass is 420 g/mol. The number of rotatable bonds is 7. The van der Waals surface area contributed by atoms with Crippen LogP contribution in [0.15, 0.2) is 24.3 Å². The van der Waals surface area contributed by atoms with Crippen molar-refractivity contribution in [1.29, 1.82) is 0 Å². The molecular weight excluding hydrogens is 384 g/mol. The van der Waals surface area contributed by atoms with E-state index < -0.39 is 0 Å². The fourth-order valence-corrected chi connectivity index (χ4v) is 4.81. The summed E-state index contributed by atoms with van der Waals surface area (Å²) < 4.78 is 13.7. The Hall–Kier alpha value is -1.40. The third-order valence-corrected chi connectivity index (χ3v) is 6.95. The van der Waals surface area contributed by atoms with Crippen molar-refractivity contribution in [3.8, 4) is 5.75 Å². The van der Waals surface area contributed by atoms with Crippen LogP contribution in [0.4, 0.5) is 4.79 Å². The van der Waals surface area contributed by atoms with Crippen molar-refractivity contribution in [3.05, 3.63) is 29.8 Å². The van der Waals surface area contributed by atoms with E-state index in [9.17, 15) is 4.79 Å². The fraction of sp³-hybridized carbons (Fsp3) is 0.696. The van der Waals surface area contributed by atoms with Gasteiger partial charge in [-0.05, 0) is 81.7 Å². The normalized spacial score (nSPS) is 19.5. The lowest BCUT2D eigenvalue weighted by molar-refractivity contribution is 0.0637. The summed E-state index contributed by atoms with van der Waals surface area (Å²) >= 11 is 1.86. The molecular formula is C23H36N2O3S. The van der Waals surface area contributed by atoms with Gasteiger partial charge in [-0.15, -0.1) is 0 Å². The first-order valence-electron chi connectivity index (χ1n) is 11.0. The maximum absolute atomic E-state index is 12.0. The van der Waals surface area contributed by atoms with E-state index in [0.29, 0.717) is 11.8 Å². The zero-order valence-electron chi connectivity index (χ0n) is 18.1. The number of carbonyl (C=O) groups excluding carboxylic acids is 1. The molecule has 2 aliphatic rings. The molecule has 1 aromatic rings. The van der Waals surface area contributed by atoms with Crippen molar-refractivity contribution < 1.29 is 14.3 Å². The highest BCUT2D eigenvalue weighted by molar-refractivity contribution is 7.96. The Balaban J connectivity index is 1.34. The number of carbonyl (C=O) groups is 1. The van der Waals surface area contributed by atoms with Crippen molar-refractivity contribution in [2.24, 2.45) is 5.92 Å². The molecule has 0 aliphatic carbocycles. The molecule has 0 bridgehead atoms. The maximum atomic E-state index is 12.0. The Kier molecular flexibility index (Phi) is 8.54. The van der Waals surface area contributed by atoms with Crippen LogP contribution in [0, 0.1) is 5.92 Å². The standard InChI is InChI=1S/C23H36N2O3S/c1-18(2)28-23(26)24-13-8-19(9-14-24)12-17-27-22-6-4-20(5-7-22)21-10-15-25(29-3)16-11-21/h4-7,18-19,21H,8-17H2,1-3H3. The van der Waals surface area contributed by atoms with Crippen LogP contribution in [0.5, 0.6) is 5.75 Å². The smallest absolute Gasteiger partial charge is 0.410 e. The van der Waals surface area contributed by atoms with Crippen LogP contribution in [-0.4, -0.2) is 60.4 Å². The van der Waals surface area contributed by atoms with Crippen LogP contribution in [0.1, 0.15) is 57.4 Å². The highest BCUT2D eigenvalue weighted by Crippen LogP contribution is 2.31. The summed E-state index contributed by atoms with van der Waals surface area (Å²) in [5, 5.41) is 0. The van der Waals surface area contributed by atoms with Crippen molar-refractivity contribution in [3.63, 3.8) is 0 Å². The highest BCUT2D eigenvalue weighted by atomic mass is 32.2. The first-order chi connectivity index (χ1) is 14.0. The van der Waals surface area contributed by atoms with E-state index in [1.54, 1.807) is 0 Å². The van der Waals surface area contributed by atoms with Gasteiger partial charge in [-0.3, -0.25) is 4.31 Å². The number of piperidine rings is 2. The molecule has 0 saturated carbocycles. The summed E-state index contributed by atoms with van der Waals surface area (Å²) in [5.41, 5.74) is 1.44. The molecule has 2 heterocycles.